The second kappa shape index (κ2) is 10.2. The Labute approximate surface area is 229 Å². The number of phenolic OH excluding ortho intramolecular Hbond substituents is 1. The van der Waals surface area contributed by atoms with Crippen LogP contribution in [-0.2, 0) is 27.7 Å². The zero-order chi connectivity index (χ0) is 26.3. The number of thiophene rings is 1. The van der Waals surface area contributed by atoms with Crippen LogP contribution in [-0.4, -0.2) is 51.9 Å². The van der Waals surface area contributed by atoms with Crippen molar-refractivity contribution in [3.63, 3.8) is 0 Å². The van der Waals surface area contributed by atoms with E-state index in [4.69, 9.17) is 4.74 Å². The van der Waals surface area contributed by atoms with Crippen molar-refractivity contribution in [2.24, 2.45) is 5.92 Å². The molecule has 1 saturated heterocycles. The number of hydrogen-bond donors (Lipinski definition) is 2. The fourth-order valence-corrected chi connectivity index (χ4v) is 7.51. The fourth-order valence-electron chi connectivity index (χ4n) is 6.61. The molecule has 0 unspecified atom stereocenters. The lowest BCUT2D eigenvalue weighted by Gasteiger charge is -2.56. The highest BCUT2D eigenvalue weighted by molar-refractivity contribution is 7.65. The molecule has 2 aromatic heterocycles. The normalized spacial score (nSPS) is 27.7. The molecule has 2 aromatic carbocycles. The second-order valence-electron chi connectivity index (χ2n) is 10.1. The maximum atomic E-state index is 11.6. The molecule has 5 atom stereocenters. The zero-order valence-corrected chi connectivity index (χ0v) is 22.6. The van der Waals surface area contributed by atoms with Crippen LogP contribution in [0.4, 0.5) is 0 Å². The Kier molecular flexibility index (Phi) is 6.74. The Balaban J connectivity index is 0.000000144. The van der Waals surface area contributed by atoms with Gasteiger partial charge in [0.25, 0.3) is 4.90 Å². The van der Waals surface area contributed by atoms with Gasteiger partial charge in [-0.25, -0.2) is 0 Å². The quantitative estimate of drug-likeness (QED) is 0.260. The van der Waals surface area contributed by atoms with Crippen molar-refractivity contribution in [3.05, 3.63) is 94.8 Å². The number of aliphatic hydroxyl groups excluding tert-OH is 1. The lowest BCUT2D eigenvalue weighted by atomic mass is 9.53. The predicted molar refractivity (Wildman–Crippen MR) is 150 cm³/mol. The first-order chi connectivity index (χ1) is 18.5. The molecular formula is C30H29N2O4S2+. The number of likely N-dealkylation sites (N-methyl/N-ethyl adjacent to an activating group) is 1. The molecule has 8 heteroatoms. The summed E-state index contributed by atoms with van der Waals surface area (Å²) in [5.74, 6) is 0.752. The minimum Gasteiger partial charge on any atom is -0.504 e. The van der Waals surface area contributed by atoms with Crippen LogP contribution in [0.5, 0.6) is 11.5 Å². The third-order valence-corrected chi connectivity index (χ3v) is 9.44. The molecule has 6 nitrogen and oxygen atoms in total. The molecule has 0 radical (unpaired) electrons. The van der Waals surface area contributed by atoms with Crippen molar-refractivity contribution < 1.29 is 19.2 Å². The lowest BCUT2D eigenvalue weighted by Crippen LogP contribution is -2.64. The maximum absolute atomic E-state index is 11.6. The standard InChI is InChI=1S/C17H17NO4S.C9H7N.C4H4S/c1-18-5-4-17-9-2-3-11(19)16(17)22-15-12(20)7-13(23-21)8(14(15)17)6-10(9)18;1-2-6-9-8(4-1)5-3-7-10-9;1-2-4-5-3-1/h2-3,7,9-11,16,19H,4-6H2,1H3;1-7H;1-4H/p+1/t9-,10+,11-,16-,17-;;/m0../s1. The molecule has 4 aliphatic rings. The summed E-state index contributed by atoms with van der Waals surface area (Å²) in [6.45, 7) is 0.927. The van der Waals surface area contributed by atoms with Crippen LogP contribution in [0.15, 0.2) is 88.6 Å². The lowest BCUT2D eigenvalue weighted by molar-refractivity contribution is -0.0455. The van der Waals surface area contributed by atoms with E-state index in [0.717, 1.165) is 36.0 Å². The molecule has 1 spiro atoms. The highest BCUT2D eigenvalue weighted by Gasteiger charge is 2.65. The largest absolute Gasteiger partial charge is 0.505 e. The number of nitrogens with zero attached hydrogens (tertiary/aromatic N) is 2. The van der Waals surface area contributed by atoms with Gasteiger partial charge in [0.05, 0.1) is 11.6 Å². The van der Waals surface area contributed by atoms with Crippen LogP contribution in [0.1, 0.15) is 17.5 Å². The molecule has 4 heterocycles. The number of benzene rings is 2. The molecule has 1 fully saturated rings. The van der Waals surface area contributed by atoms with Crippen molar-refractivity contribution in [3.8, 4) is 11.5 Å². The summed E-state index contributed by atoms with van der Waals surface area (Å²) in [7, 11) is 2.12. The van der Waals surface area contributed by atoms with Gasteiger partial charge in [-0.15, -0.1) is 0 Å². The highest BCUT2D eigenvalue weighted by Crippen LogP contribution is 2.63. The van der Waals surface area contributed by atoms with Crippen molar-refractivity contribution in [2.45, 2.75) is 41.4 Å². The van der Waals surface area contributed by atoms with Gasteiger partial charge in [0.1, 0.15) is 12.2 Å². The van der Waals surface area contributed by atoms with Gasteiger partial charge in [0.2, 0.25) is 0 Å². The summed E-state index contributed by atoms with van der Waals surface area (Å²) in [6, 6.07) is 17.9. The minimum absolute atomic E-state index is 0.0224. The average Bonchev–Trinajstić information content (AvgIpc) is 3.64. The van der Waals surface area contributed by atoms with E-state index in [1.165, 1.54) is 11.5 Å². The summed E-state index contributed by atoms with van der Waals surface area (Å²) < 4.78 is 17.7. The number of aromatic nitrogens is 1. The molecule has 4 aromatic rings. The zero-order valence-electron chi connectivity index (χ0n) is 20.9. The molecule has 2 bridgehead atoms. The molecule has 2 aliphatic carbocycles. The van der Waals surface area contributed by atoms with E-state index in [9.17, 15) is 14.4 Å². The minimum atomic E-state index is -0.684. The van der Waals surface area contributed by atoms with Gasteiger partial charge in [0.15, 0.2) is 11.5 Å². The van der Waals surface area contributed by atoms with Crippen LogP contribution in [0, 0.1) is 5.92 Å². The number of likely N-dealkylation sites (tertiary alicyclic amines) is 1. The first-order valence-corrected chi connectivity index (χ1v) is 14.4. The smallest absolute Gasteiger partial charge is 0.504 e. The first kappa shape index (κ1) is 25.1. The highest BCUT2D eigenvalue weighted by atomic mass is 32.1. The molecule has 194 valence electrons. The Morgan fingerprint density at radius 2 is 1.92 bits per heavy atom. The van der Waals surface area contributed by atoms with E-state index in [1.807, 2.05) is 59.4 Å². The van der Waals surface area contributed by atoms with Crippen LogP contribution in [0.3, 0.4) is 0 Å². The summed E-state index contributed by atoms with van der Waals surface area (Å²) in [5, 5.41) is 26.2. The SMILES string of the molecule is CN1CC[C@]23c4c5c([S+]=O)cc(O)c4O[C@H]2[C@@H](O)C=C[C@H]3[C@H]1C5.c1ccc2ncccc2c1.c1ccsc1. The Morgan fingerprint density at radius 1 is 1.13 bits per heavy atom. The number of ether oxygens (including phenoxy) is 1. The average molecular weight is 546 g/mol. The molecule has 2 aliphatic heterocycles. The first-order valence-electron chi connectivity index (χ1n) is 12.7. The summed E-state index contributed by atoms with van der Waals surface area (Å²) in [5.41, 5.74) is 2.73. The van der Waals surface area contributed by atoms with Crippen molar-refractivity contribution in [2.75, 3.05) is 13.6 Å². The van der Waals surface area contributed by atoms with Gasteiger partial charge < -0.3 is 19.8 Å². The summed E-state index contributed by atoms with van der Waals surface area (Å²) >= 11 is 2.15. The van der Waals surface area contributed by atoms with E-state index >= 15 is 0 Å². The number of aromatic hydroxyl groups is 1. The topological polar surface area (TPSA) is 82.9 Å². The number of rotatable bonds is 1. The maximum Gasteiger partial charge on any atom is 0.505 e. The Hall–Kier alpha value is -3.17. The Bertz CT molecular complexity index is 1410. The molecule has 0 saturated carbocycles. The van der Waals surface area contributed by atoms with Gasteiger partial charge in [-0.2, -0.15) is 11.3 Å². The molecule has 8 rings (SSSR count). The molecule has 38 heavy (non-hydrogen) atoms. The van der Waals surface area contributed by atoms with E-state index in [-0.39, 0.29) is 23.2 Å². The number of pyridine rings is 1. The van der Waals surface area contributed by atoms with Gasteiger partial charge in [-0.3, -0.25) is 4.98 Å². The van der Waals surface area contributed by atoms with Crippen molar-refractivity contribution in [1.82, 2.24) is 9.88 Å². The number of hydrogen-bond acceptors (Lipinski definition) is 7. The van der Waals surface area contributed by atoms with E-state index < -0.39 is 6.10 Å². The van der Waals surface area contributed by atoms with Gasteiger partial charge >= 0.3 is 11.7 Å². The molecular weight excluding hydrogens is 516 g/mol. The number of aliphatic hydroxyl groups is 1. The van der Waals surface area contributed by atoms with Gasteiger partial charge in [0, 0.05) is 44.3 Å². The molecule has 0 amide bonds. The van der Waals surface area contributed by atoms with Crippen molar-refractivity contribution in [1.29, 1.82) is 0 Å². The van der Waals surface area contributed by atoms with Crippen LogP contribution in [0.2, 0.25) is 0 Å². The Morgan fingerprint density at radius 3 is 2.66 bits per heavy atom. The number of piperidine rings is 1. The molecule has 2 N–H and O–H groups in total. The third-order valence-electron chi connectivity index (χ3n) is 8.26. The second-order valence-corrected chi connectivity index (χ2v) is 11.6. The third kappa shape index (κ3) is 4.03. The summed E-state index contributed by atoms with van der Waals surface area (Å²) in [6.07, 6.45) is 6.35. The van der Waals surface area contributed by atoms with Gasteiger partial charge in [-0.05, 0) is 49.3 Å². The van der Waals surface area contributed by atoms with Gasteiger partial charge in [-0.1, -0.05) is 48.6 Å². The van der Waals surface area contributed by atoms with Crippen LogP contribution < -0.4 is 4.74 Å². The summed E-state index contributed by atoms with van der Waals surface area (Å²) in [4.78, 5) is 7.12. The number of fused-ring (bicyclic) bond motifs is 1. The fraction of sp³-hybridized carbons (Fsp3) is 0.300. The number of para-hydroxylation sites is 1. The van der Waals surface area contributed by atoms with Crippen molar-refractivity contribution >= 4 is 33.9 Å². The van der Waals surface area contributed by atoms with E-state index in [2.05, 4.69) is 35.1 Å². The monoisotopic (exact) mass is 545 g/mol. The predicted octanol–water partition coefficient (Wildman–Crippen LogP) is 4.97. The van der Waals surface area contributed by atoms with Crippen LogP contribution in [0.25, 0.3) is 10.9 Å². The number of phenols is 1. The van der Waals surface area contributed by atoms with E-state index in [0.29, 0.717) is 28.4 Å². The van der Waals surface area contributed by atoms with E-state index in [1.54, 1.807) is 11.3 Å². The van der Waals surface area contributed by atoms with Crippen LogP contribution >= 0.6 is 11.3 Å².